The molecule has 1 N–H and O–H groups in total. The van der Waals surface area contributed by atoms with E-state index < -0.39 is 39.3 Å². The minimum Gasteiger partial charge on any atom is -0.212 e. The van der Waals surface area contributed by atoms with Crippen molar-refractivity contribution in [2.75, 3.05) is 0 Å². The molecule has 0 bridgehead atoms. The Morgan fingerprint density at radius 1 is 0.821 bits per heavy atom. The lowest BCUT2D eigenvalue weighted by atomic mass is 9.99. The van der Waals surface area contributed by atoms with Crippen LogP contribution in [0.5, 0.6) is 0 Å². The first-order chi connectivity index (χ1) is 13.3. The number of sulfonamides is 1. The Hall–Kier alpha value is -2.64. The van der Waals surface area contributed by atoms with E-state index in [9.17, 15) is 21.6 Å². The number of hydrogen-bond donors (Lipinski definition) is 1. The van der Waals surface area contributed by atoms with Crippen molar-refractivity contribution in [3.63, 3.8) is 0 Å². The molecule has 0 radical (unpaired) electrons. The summed E-state index contributed by atoms with van der Waals surface area (Å²) in [6.07, 6.45) is 0.109. The highest BCUT2D eigenvalue weighted by atomic mass is 32.2. The van der Waals surface area contributed by atoms with Gasteiger partial charge in [0.1, 0.15) is 17.5 Å². The van der Waals surface area contributed by atoms with Crippen LogP contribution in [-0.2, 0) is 22.2 Å². The Bertz CT molecular complexity index is 1070. The van der Waals surface area contributed by atoms with Crippen molar-refractivity contribution < 1.29 is 21.6 Å². The summed E-state index contributed by atoms with van der Waals surface area (Å²) >= 11 is 0. The molecule has 0 fully saturated rings. The standard InChI is InChI=1S/C21H18F3NO2S/c22-18-8-3-5-15(11-18)12-21(16-7-4-9-19(23)13-16)25-28(26,27)14-17-6-1-2-10-20(17)24/h1-11,13,21,25H,12,14H2. The molecule has 7 heteroatoms. The SMILES string of the molecule is O=S(=O)(Cc1ccccc1F)NC(Cc1cccc(F)c1)c1cccc(F)c1. The molecule has 0 amide bonds. The van der Waals surface area contributed by atoms with Crippen LogP contribution in [-0.4, -0.2) is 8.42 Å². The maximum Gasteiger partial charge on any atom is 0.216 e. The van der Waals surface area contributed by atoms with E-state index in [0.29, 0.717) is 11.1 Å². The van der Waals surface area contributed by atoms with Gasteiger partial charge < -0.3 is 0 Å². The molecule has 0 spiro atoms. The molecule has 146 valence electrons. The Kier molecular flexibility index (Phi) is 6.16. The zero-order valence-corrected chi connectivity index (χ0v) is 15.6. The van der Waals surface area contributed by atoms with Gasteiger partial charge in [-0.3, -0.25) is 0 Å². The Labute approximate surface area is 161 Å². The van der Waals surface area contributed by atoms with Crippen LogP contribution in [0.1, 0.15) is 22.7 Å². The average Bonchev–Trinajstić information content (AvgIpc) is 2.63. The van der Waals surface area contributed by atoms with E-state index in [4.69, 9.17) is 0 Å². The monoisotopic (exact) mass is 405 g/mol. The second-order valence-corrected chi connectivity index (χ2v) is 8.16. The summed E-state index contributed by atoms with van der Waals surface area (Å²) in [6.45, 7) is 0. The van der Waals surface area contributed by atoms with E-state index in [0.717, 1.165) is 0 Å². The Balaban J connectivity index is 1.89. The lowest BCUT2D eigenvalue weighted by molar-refractivity contribution is 0.547. The third-order valence-electron chi connectivity index (χ3n) is 4.21. The zero-order chi connectivity index (χ0) is 20.1. The average molecular weight is 405 g/mol. The highest BCUT2D eigenvalue weighted by molar-refractivity contribution is 7.88. The minimum atomic E-state index is -3.95. The van der Waals surface area contributed by atoms with E-state index in [-0.39, 0.29) is 12.0 Å². The predicted molar refractivity (Wildman–Crippen MR) is 101 cm³/mol. The number of halogens is 3. The van der Waals surface area contributed by atoms with Gasteiger partial charge in [-0.25, -0.2) is 26.3 Å². The van der Waals surface area contributed by atoms with Gasteiger partial charge >= 0.3 is 0 Å². The molecule has 0 saturated heterocycles. The second kappa shape index (κ2) is 8.58. The van der Waals surface area contributed by atoms with Crippen molar-refractivity contribution in [3.8, 4) is 0 Å². The molecule has 0 aliphatic heterocycles. The molecular formula is C21H18F3NO2S. The normalized spacial score (nSPS) is 12.7. The first kappa shape index (κ1) is 20.1. The molecule has 0 aliphatic rings. The smallest absolute Gasteiger partial charge is 0.212 e. The molecule has 0 aliphatic carbocycles. The van der Waals surface area contributed by atoms with Crippen molar-refractivity contribution in [3.05, 3.63) is 107 Å². The maximum atomic E-state index is 13.8. The second-order valence-electron chi connectivity index (χ2n) is 6.41. The summed E-state index contributed by atoms with van der Waals surface area (Å²) in [5.41, 5.74) is 0.961. The van der Waals surface area contributed by atoms with Gasteiger partial charge in [-0.2, -0.15) is 0 Å². The molecule has 0 saturated carbocycles. The van der Waals surface area contributed by atoms with Gasteiger partial charge in [-0.1, -0.05) is 42.5 Å². The van der Waals surface area contributed by atoms with Gasteiger partial charge in [0.05, 0.1) is 11.8 Å². The van der Waals surface area contributed by atoms with Crippen LogP contribution in [0.3, 0.4) is 0 Å². The molecule has 3 rings (SSSR count). The van der Waals surface area contributed by atoms with E-state index >= 15 is 0 Å². The summed E-state index contributed by atoms with van der Waals surface area (Å²) in [6, 6.07) is 16.0. The van der Waals surface area contributed by atoms with E-state index in [1.54, 1.807) is 18.2 Å². The molecule has 3 aromatic rings. The molecule has 3 aromatic carbocycles. The fraction of sp³-hybridized carbons (Fsp3) is 0.143. The molecule has 1 unspecified atom stereocenters. The van der Waals surface area contributed by atoms with Crippen molar-refractivity contribution in [2.24, 2.45) is 0 Å². The van der Waals surface area contributed by atoms with Gasteiger partial charge in [0.2, 0.25) is 10.0 Å². The molecule has 0 heterocycles. The summed E-state index contributed by atoms with van der Waals surface area (Å²) in [5.74, 6) is -2.16. The van der Waals surface area contributed by atoms with E-state index in [1.807, 2.05) is 0 Å². The highest BCUT2D eigenvalue weighted by Crippen LogP contribution is 2.22. The van der Waals surface area contributed by atoms with Gasteiger partial charge in [0, 0.05) is 5.56 Å². The number of nitrogens with one attached hydrogen (secondary N) is 1. The lowest BCUT2D eigenvalue weighted by Gasteiger charge is -2.20. The predicted octanol–water partition coefficient (Wildman–Crippen LogP) is 4.51. The van der Waals surface area contributed by atoms with Crippen LogP contribution < -0.4 is 4.72 Å². The summed E-state index contributed by atoms with van der Waals surface area (Å²) < 4.78 is 68.8. The molecule has 1 atom stereocenters. The van der Waals surface area contributed by atoms with Crippen molar-refractivity contribution in [1.29, 1.82) is 0 Å². The topological polar surface area (TPSA) is 46.2 Å². The van der Waals surface area contributed by atoms with Gasteiger partial charge in [-0.15, -0.1) is 0 Å². The highest BCUT2D eigenvalue weighted by Gasteiger charge is 2.22. The Morgan fingerprint density at radius 2 is 1.50 bits per heavy atom. The van der Waals surface area contributed by atoms with E-state index in [1.165, 1.54) is 54.6 Å². The first-order valence-corrected chi connectivity index (χ1v) is 10.2. The lowest BCUT2D eigenvalue weighted by Crippen LogP contribution is -2.31. The van der Waals surface area contributed by atoms with Gasteiger partial charge in [-0.05, 0) is 47.9 Å². The quantitative estimate of drug-likeness (QED) is 0.629. The number of benzene rings is 3. The van der Waals surface area contributed by atoms with Crippen LogP contribution in [0.4, 0.5) is 13.2 Å². The van der Waals surface area contributed by atoms with Crippen LogP contribution in [0, 0.1) is 17.5 Å². The zero-order valence-electron chi connectivity index (χ0n) is 14.8. The number of hydrogen-bond acceptors (Lipinski definition) is 2. The van der Waals surface area contributed by atoms with Gasteiger partial charge in [0.15, 0.2) is 0 Å². The van der Waals surface area contributed by atoms with E-state index in [2.05, 4.69) is 4.72 Å². The Morgan fingerprint density at radius 3 is 2.18 bits per heavy atom. The van der Waals surface area contributed by atoms with Gasteiger partial charge in [0.25, 0.3) is 0 Å². The van der Waals surface area contributed by atoms with Crippen LogP contribution in [0.25, 0.3) is 0 Å². The molecule has 28 heavy (non-hydrogen) atoms. The largest absolute Gasteiger partial charge is 0.216 e. The third-order valence-corrected chi connectivity index (χ3v) is 5.54. The van der Waals surface area contributed by atoms with Crippen molar-refractivity contribution >= 4 is 10.0 Å². The minimum absolute atomic E-state index is 0.0266. The summed E-state index contributed by atoms with van der Waals surface area (Å²) in [4.78, 5) is 0. The van der Waals surface area contributed by atoms with Crippen molar-refractivity contribution in [1.82, 2.24) is 4.72 Å². The van der Waals surface area contributed by atoms with Crippen LogP contribution >= 0.6 is 0 Å². The molecular weight excluding hydrogens is 387 g/mol. The summed E-state index contributed by atoms with van der Waals surface area (Å²) in [5, 5.41) is 0. The third kappa shape index (κ3) is 5.43. The fourth-order valence-electron chi connectivity index (χ4n) is 2.93. The molecule has 3 nitrogen and oxygen atoms in total. The summed E-state index contributed by atoms with van der Waals surface area (Å²) in [7, 11) is -3.95. The maximum absolute atomic E-state index is 13.8. The molecule has 0 aromatic heterocycles. The number of rotatable bonds is 7. The fourth-order valence-corrected chi connectivity index (χ4v) is 4.31. The van der Waals surface area contributed by atoms with Crippen LogP contribution in [0.2, 0.25) is 0 Å². The van der Waals surface area contributed by atoms with Crippen LogP contribution in [0.15, 0.2) is 72.8 Å². The van der Waals surface area contributed by atoms with Crippen molar-refractivity contribution in [2.45, 2.75) is 18.2 Å². The first-order valence-electron chi connectivity index (χ1n) is 8.56.